The molecule has 3 unspecified atom stereocenters. The number of cyclic esters (lactones) is 2. The molecule has 0 bridgehead atoms. The third-order valence-corrected chi connectivity index (χ3v) is 8.28. The van der Waals surface area contributed by atoms with Gasteiger partial charge in [0.25, 0.3) is 0 Å². The molecule has 5 rings (SSSR count). The fourth-order valence-corrected chi connectivity index (χ4v) is 6.09. The van der Waals surface area contributed by atoms with Gasteiger partial charge >= 0.3 is 11.9 Å². The van der Waals surface area contributed by atoms with E-state index in [0.29, 0.717) is 24.2 Å². The molecule has 198 valence electrons. The van der Waals surface area contributed by atoms with Crippen molar-refractivity contribution in [2.45, 2.75) is 65.1 Å². The molecule has 2 aromatic carbocycles. The van der Waals surface area contributed by atoms with Crippen molar-refractivity contribution < 1.29 is 29.3 Å². The molecule has 0 saturated carbocycles. The maximum Gasteiger partial charge on any atom is 0.338 e. The second-order valence-corrected chi connectivity index (χ2v) is 10.5. The topological polar surface area (TPSA) is 99.5 Å². The monoisotopic (exact) mass is 508 g/mol. The Morgan fingerprint density at radius 1 is 0.865 bits per heavy atom. The smallest absolute Gasteiger partial charge is 0.338 e. The van der Waals surface area contributed by atoms with Gasteiger partial charge in [-0.05, 0) is 54.7 Å². The van der Waals surface area contributed by atoms with E-state index in [0.717, 1.165) is 65.9 Å². The molecule has 8 nitrogen and oxygen atoms in total. The first-order valence-electron chi connectivity index (χ1n) is 13.2. The number of esters is 2. The van der Waals surface area contributed by atoms with Crippen molar-refractivity contribution in [3.05, 3.63) is 68.8 Å². The molecule has 37 heavy (non-hydrogen) atoms. The largest absolute Gasteiger partial charge is 0.457 e. The lowest BCUT2D eigenvalue weighted by Gasteiger charge is -2.43. The lowest BCUT2D eigenvalue weighted by molar-refractivity contribution is 0.0111. The van der Waals surface area contributed by atoms with Crippen molar-refractivity contribution in [2.75, 3.05) is 32.7 Å². The van der Waals surface area contributed by atoms with Crippen LogP contribution in [0.1, 0.15) is 86.1 Å². The average Bonchev–Trinajstić information content (AvgIpc) is 3.44. The Bertz CT molecular complexity index is 1210. The van der Waals surface area contributed by atoms with Crippen LogP contribution in [0.5, 0.6) is 0 Å². The molecule has 0 spiro atoms. The second kappa shape index (κ2) is 10.5. The zero-order chi connectivity index (χ0) is 26.3. The summed E-state index contributed by atoms with van der Waals surface area (Å²) in [4.78, 5) is 28.4. The van der Waals surface area contributed by atoms with Crippen LogP contribution < -0.4 is 0 Å². The van der Waals surface area contributed by atoms with Gasteiger partial charge in [-0.25, -0.2) is 9.59 Å². The molecule has 0 aliphatic carbocycles. The van der Waals surface area contributed by atoms with Crippen LogP contribution in [0, 0.1) is 13.8 Å². The van der Waals surface area contributed by atoms with E-state index in [-0.39, 0.29) is 31.2 Å². The van der Waals surface area contributed by atoms with Crippen molar-refractivity contribution in [2.24, 2.45) is 0 Å². The maximum absolute atomic E-state index is 11.9. The molecule has 2 aromatic rings. The number of carbonyl (C=O) groups excluding carboxylic acids is 2. The summed E-state index contributed by atoms with van der Waals surface area (Å²) in [6.07, 6.45) is 0.723. The summed E-state index contributed by atoms with van der Waals surface area (Å²) in [7, 11) is 0. The second-order valence-electron chi connectivity index (χ2n) is 10.5. The summed E-state index contributed by atoms with van der Waals surface area (Å²) in [6, 6.07) is 7.50. The van der Waals surface area contributed by atoms with Gasteiger partial charge in [0.05, 0.1) is 23.3 Å². The highest BCUT2D eigenvalue weighted by molar-refractivity contribution is 5.94. The Morgan fingerprint density at radius 3 is 1.95 bits per heavy atom. The highest BCUT2D eigenvalue weighted by Gasteiger charge is 2.32. The third kappa shape index (κ3) is 4.91. The van der Waals surface area contributed by atoms with Crippen molar-refractivity contribution in [1.29, 1.82) is 0 Å². The zero-order valence-electron chi connectivity index (χ0n) is 21.8. The summed E-state index contributed by atoms with van der Waals surface area (Å²) in [6.45, 7) is 10.0. The summed E-state index contributed by atoms with van der Waals surface area (Å²) in [5.74, 6) is -0.589. The molecular formula is C29H36N2O6. The van der Waals surface area contributed by atoms with Gasteiger partial charge in [0.1, 0.15) is 13.2 Å². The van der Waals surface area contributed by atoms with Gasteiger partial charge in [0, 0.05) is 49.9 Å². The van der Waals surface area contributed by atoms with E-state index in [9.17, 15) is 19.8 Å². The van der Waals surface area contributed by atoms with Gasteiger partial charge in [-0.3, -0.25) is 9.80 Å². The van der Waals surface area contributed by atoms with E-state index >= 15 is 0 Å². The van der Waals surface area contributed by atoms with Crippen LogP contribution in [0.2, 0.25) is 0 Å². The van der Waals surface area contributed by atoms with Crippen LogP contribution >= 0.6 is 0 Å². The van der Waals surface area contributed by atoms with Crippen LogP contribution in [0.4, 0.5) is 0 Å². The van der Waals surface area contributed by atoms with E-state index < -0.39 is 12.2 Å². The predicted octanol–water partition coefficient (Wildman–Crippen LogP) is 3.20. The molecule has 0 aromatic heterocycles. The van der Waals surface area contributed by atoms with Crippen molar-refractivity contribution >= 4 is 11.9 Å². The molecule has 3 heterocycles. The number of fused-ring (bicyclic) bond motifs is 2. The van der Waals surface area contributed by atoms with Gasteiger partial charge in [-0.1, -0.05) is 25.5 Å². The Kier molecular flexibility index (Phi) is 7.36. The molecule has 3 atom stereocenters. The van der Waals surface area contributed by atoms with E-state index in [1.54, 1.807) is 12.1 Å². The number of rotatable bonds is 8. The first-order chi connectivity index (χ1) is 17.8. The number of aliphatic hydroxyl groups is 2. The first-order valence-corrected chi connectivity index (χ1v) is 13.2. The minimum Gasteiger partial charge on any atom is -0.457 e. The summed E-state index contributed by atoms with van der Waals surface area (Å²) in [5, 5.41) is 22.3. The van der Waals surface area contributed by atoms with Crippen LogP contribution in [0.3, 0.4) is 0 Å². The summed E-state index contributed by atoms with van der Waals surface area (Å²) in [5.41, 5.74) is 6.51. The van der Waals surface area contributed by atoms with Gasteiger partial charge in [-0.2, -0.15) is 0 Å². The fourth-order valence-electron chi connectivity index (χ4n) is 6.09. The molecular weight excluding hydrogens is 472 g/mol. The minimum absolute atomic E-state index is 0.271. The lowest BCUT2D eigenvalue weighted by atomic mass is 9.94. The quantitative estimate of drug-likeness (QED) is 0.525. The number of hydrogen-bond donors (Lipinski definition) is 2. The Balaban J connectivity index is 1.24. The Morgan fingerprint density at radius 2 is 1.41 bits per heavy atom. The van der Waals surface area contributed by atoms with Gasteiger partial charge < -0.3 is 19.7 Å². The predicted molar refractivity (Wildman–Crippen MR) is 137 cm³/mol. The SMILES string of the molecule is CCCC1CN(CC(O)c2ccc3c(c2C)COC3=O)CCN1CC(O)c1ccc2c(c1C)COC2=O. The number of hydrogen-bond acceptors (Lipinski definition) is 8. The summed E-state index contributed by atoms with van der Waals surface area (Å²) >= 11 is 0. The maximum atomic E-state index is 11.9. The molecule has 2 N–H and O–H groups in total. The number of β-amino-alcohol motifs (C(OH)–C–C–N with tert-alkyl or cyclic N) is 2. The third-order valence-electron chi connectivity index (χ3n) is 8.28. The van der Waals surface area contributed by atoms with Gasteiger partial charge in [0.2, 0.25) is 0 Å². The van der Waals surface area contributed by atoms with Gasteiger partial charge in [-0.15, -0.1) is 0 Å². The zero-order valence-corrected chi connectivity index (χ0v) is 21.8. The molecule has 0 amide bonds. The van der Waals surface area contributed by atoms with Crippen molar-refractivity contribution in [1.82, 2.24) is 9.80 Å². The van der Waals surface area contributed by atoms with Crippen LogP contribution in [-0.4, -0.2) is 70.7 Å². The number of aliphatic hydroxyl groups excluding tert-OH is 2. The minimum atomic E-state index is -0.656. The van der Waals surface area contributed by atoms with E-state index in [1.807, 2.05) is 26.0 Å². The average molecular weight is 509 g/mol. The number of nitrogens with zero attached hydrogens (tertiary/aromatic N) is 2. The molecule has 3 aliphatic heterocycles. The summed E-state index contributed by atoms with van der Waals surface area (Å²) < 4.78 is 10.3. The van der Waals surface area contributed by atoms with Crippen LogP contribution in [0.25, 0.3) is 0 Å². The standard InChI is InChI=1S/C29H36N2O6/c1-4-5-19-12-30(13-26(32)20-6-8-22-24(17(20)2)15-36-28(22)34)10-11-31(19)14-27(33)21-7-9-23-25(18(21)3)16-37-29(23)35/h6-9,19,26-27,32-33H,4-5,10-16H2,1-3H3. The Labute approximate surface area is 217 Å². The molecule has 1 fully saturated rings. The molecule has 1 saturated heterocycles. The van der Waals surface area contributed by atoms with Gasteiger partial charge in [0.15, 0.2) is 0 Å². The number of benzene rings is 2. The van der Waals surface area contributed by atoms with E-state index in [1.165, 1.54) is 0 Å². The highest BCUT2D eigenvalue weighted by Crippen LogP contribution is 2.32. The lowest BCUT2D eigenvalue weighted by Crippen LogP contribution is -2.54. The van der Waals surface area contributed by atoms with Crippen molar-refractivity contribution in [3.63, 3.8) is 0 Å². The van der Waals surface area contributed by atoms with Crippen molar-refractivity contribution in [3.8, 4) is 0 Å². The molecule has 0 radical (unpaired) electrons. The first kappa shape index (κ1) is 25.9. The fraction of sp³-hybridized carbons (Fsp3) is 0.517. The molecule has 8 heteroatoms. The normalized spacial score (nSPS) is 21.4. The number of carbonyl (C=O) groups is 2. The highest BCUT2D eigenvalue weighted by atomic mass is 16.5. The van der Waals surface area contributed by atoms with Crippen LogP contribution in [0.15, 0.2) is 24.3 Å². The number of piperazine rings is 1. The van der Waals surface area contributed by atoms with E-state index in [2.05, 4.69) is 16.7 Å². The number of ether oxygens (including phenoxy) is 2. The van der Waals surface area contributed by atoms with Crippen LogP contribution in [-0.2, 0) is 22.7 Å². The Hall–Kier alpha value is -2.78. The van der Waals surface area contributed by atoms with E-state index in [4.69, 9.17) is 9.47 Å². The molecule has 3 aliphatic rings.